The second-order valence-electron chi connectivity index (χ2n) is 6.01. The summed E-state index contributed by atoms with van der Waals surface area (Å²) in [5.74, 6) is -0.0527. The van der Waals surface area contributed by atoms with Crippen molar-refractivity contribution in [1.29, 1.82) is 0 Å². The Morgan fingerprint density at radius 1 is 1.26 bits per heavy atom. The number of nitrogens with zero attached hydrogens (tertiary/aromatic N) is 1. The van der Waals surface area contributed by atoms with E-state index < -0.39 is 0 Å². The minimum Gasteiger partial charge on any atom is -0.367 e. The molecule has 0 radical (unpaired) electrons. The van der Waals surface area contributed by atoms with E-state index in [0.29, 0.717) is 25.6 Å². The van der Waals surface area contributed by atoms with Crippen LogP contribution in [0.15, 0.2) is 30.3 Å². The van der Waals surface area contributed by atoms with Crippen LogP contribution < -0.4 is 5.32 Å². The maximum atomic E-state index is 12.1. The lowest BCUT2D eigenvalue weighted by Gasteiger charge is -2.33. The highest BCUT2D eigenvalue weighted by Gasteiger charge is 2.22. The number of nitrogens with one attached hydrogen (secondary N) is 1. The summed E-state index contributed by atoms with van der Waals surface area (Å²) in [6.07, 6.45) is 3.70. The van der Waals surface area contributed by atoms with E-state index in [4.69, 9.17) is 4.74 Å². The number of ether oxygens (including phenoxy) is 1. The van der Waals surface area contributed by atoms with Crippen LogP contribution in [0.5, 0.6) is 0 Å². The molecule has 1 atom stereocenters. The monoisotopic (exact) mass is 318 g/mol. The summed E-state index contributed by atoms with van der Waals surface area (Å²) in [7, 11) is 0. The fourth-order valence-electron chi connectivity index (χ4n) is 2.81. The third-order valence-corrected chi connectivity index (χ3v) is 4.13. The molecule has 1 saturated heterocycles. The van der Waals surface area contributed by atoms with Crippen LogP contribution in [-0.4, -0.2) is 42.5 Å². The van der Waals surface area contributed by atoms with Crippen molar-refractivity contribution < 1.29 is 14.3 Å². The SMILES string of the molecule is CC1CCCCN1C(=O)CCNC(=O)COCc1ccccc1. The average molecular weight is 318 g/mol. The lowest BCUT2D eigenvalue weighted by molar-refractivity contribution is -0.134. The molecule has 1 aromatic carbocycles. The number of hydrogen-bond acceptors (Lipinski definition) is 3. The normalized spacial score (nSPS) is 17.8. The van der Waals surface area contributed by atoms with Crippen molar-refractivity contribution in [3.63, 3.8) is 0 Å². The number of carbonyl (C=O) groups is 2. The number of likely N-dealkylation sites (tertiary alicyclic amines) is 1. The topological polar surface area (TPSA) is 58.6 Å². The molecule has 5 heteroatoms. The van der Waals surface area contributed by atoms with Crippen LogP contribution in [0.4, 0.5) is 0 Å². The number of rotatable bonds is 7. The fraction of sp³-hybridized carbons (Fsp3) is 0.556. The lowest BCUT2D eigenvalue weighted by atomic mass is 10.0. The first-order valence-corrected chi connectivity index (χ1v) is 8.34. The molecule has 0 spiro atoms. The van der Waals surface area contributed by atoms with Crippen LogP contribution in [-0.2, 0) is 20.9 Å². The molecule has 1 aliphatic heterocycles. The quantitative estimate of drug-likeness (QED) is 0.838. The van der Waals surface area contributed by atoms with Crippen molar-refractivity contribution in [1.82, 2.24) is 10.2 Å². The Morgan fingerprint density at radius 3 is 2.78 bits per heavy atom. The van der Waals surface area contributed by atoms with Crippen molar-refractivity contribution in [3.8, 4) is 0 Å². The van der Waals surface area contributed by atoms with Crippen LogP contribution in [0.1, 0.15) is 38.2 Å². The van der Waals surface area contributed by atoms with Gasteiger partial charge in [0.05, 0.1) is 6.61 Å². The van der Waals surface area contributed by atoms with E-state index >= 15 is 0 Å². The first-order chi connectivity index (χ1) is 11.2. The Labute approximate surface area is 138 Å². The third kappa shape index (κ3) is 6.02. The number of benzene rings is 1. The van der Waals surface area contributed by atoms with Gasteiger partial charge >= 0.3 is 0 Å². The zero-order valence-electron chi connectivity index (χ0n) is 13.8. The molecule has 2 amide bonds. The molecule has 0 aromatic heterocycles. The molecular weight excluding hydrogens is 292 g/mol. The zero-order chi connectivity index (χ0) is 16.5. The van der Waals surface area contributed by atoms with Gasteiger partial charge in [0, 0.05) is 25.6 Å². The van der Waals surface area contributed by atoms with Crippen LogP contribution >= 0.6 is 0 Å². The highest BCUT2D eigenvalue weighted by atomic mass is 16.5. The number of amides is 2. The largest absolute Gasteiger partial charge is 0.367 e. The molecule has 1 unspecified atom stereocenters. The molecule has 23 heavy (non-hydrogen) atoms. The predicted molar refractivity (Wildman–Crippen MR) is 88.8 cm³/mol. The maximum absolute atomic E-state index is 12.1. The van der Waals surface area contributed by atoms with Gasteiger partial charge in [-0.25, -0.2) is 0 Å². The second kappa shape index (κ2) is 9.30. The van der Waals surface area contributed by atoms with E-state index in [0.717, 1.165) is 24.9 Å². The molecule has 126 valence electrons. The lowest BCUT2D eigenvalue weighted by Crippen LogP contribution is -2.43. The summed E-state index contributed by atoms with van der Waals surface area (Å²) in [6, 6.07) is 10.0. The second-order valence-corrected chi connectivity index (χ2v) is 6.01. The zero-order valence-corrected chi connectivity index (χ0v) is 13.8. The predicted octanol–water partition coefficient (Wildman–Crippen LogP) is 2.11. The smallest absolute Gasteiger partial charge is 0.246 e. The van der Waals surface area contributed by atoms with Crippen LogP contribution in [0.3, 0.4) is 0 Å². The summed E-state index contributed by atoms with van der Waals surface area (Å²) in [6.45, 7) is 3.73. The van der Waals surface area contributed by atoms with Crippen LogP contribution in [0.2, 0.25) is 0 Å². The first-order valence-electron chi connectivity index (χ1n) is 8.34. The van der Waals surface area contributed by atoms with Crippen molar-refractivity contribution in [2.75, 3.05) is 19.7 Å². The highest BCUT2D eigenvalue weighted by Crippen LogP contribution is 2.16. The van der Waals surface area contributed by atoms with Crippen molar-refractivity contribution in [2.24, 2.45) is 0 Å². The maximum Gasteiger partial charge on any atom is 0.246 e. The van der Waals surface area contributed by atoms with E-state index in [1.54, 1.807) is 0 Å². The van der Waals surface area contributed by atoms with Gasteiger partial charge in [-0.1, -0.05) is 30.3 Å². The average Bonchev–Trinajstić information content (AvgIpc) is 2.56. The third-order valence-electron chi connectivity index (χ3n) is 4.13. The molecule has 5 nitrogen and oxygen atoms in total. The fourth-order valence-corrected chi connectivity index (χ4v) is 2.81. The Morgan fingerprint density at radius 2 is 2.04 bits per heavy atom. The first kappa shape index (κ1) is 17.5. The summed E-state index contributed by atoms with van der Waals surface area (Å²) in [5.41, 5.74) is 1.04. The molecule has 0 saturated carbocycles. The summed E-state index contributed by atoms with van der Waals surface area (Å²) in [5, 5.41) is 2.74. The van der Waals surface area contributed by atoms with E-state index in [1.807, 2.05) is 35.2 Å². The van der Waals surface area contributed by atoms with Crippen LogP contribution in [0, 0.1) is 0 Å². The van der Waals surface area contributed by atoms with Gasteiger partial charge in [0.15, 0.2) is 0 Å². The molecule has 1 fully saturated rings. The van der Waals surface area contributed by atoms with Gasteiger partial charge in [0.1, 0.15) is 6.61 Å². The minimum absolute atomic E-state index is 0.0171. The van der Waals surface area contributed by atoms with Crippen molar-refractivity contribution in [3.05, 3.63) is 35.9 Å². The van der Waals surface area contributed by atoms with Gasteiger partial charge in [0.25, 0.3) is 0 Å². The van der Waals surface area contributed by atoms with Gasteiger partial charge in [0.2, 0.25) is 11.8 Å². The Bertz CT molecular complexity index is 504. The van der Waals surface area contributed by atoms with E-state index in [9.17, 15) is 9.59 Å². The molecule has 1 heterocycles. The number of carbonyl (C=O) groups excluding carboxylic acids is 2. The number of piperidine rings is 1. The molecule has 1 aromatic rings. The van der Waals surface area contributed by atoms with Crippen molar-refractivity contribution in [2.45, 2.75) is 45.3 Å². The van der Waals surface area contributed by atoms with E-state index in [2.05, 4.69) is 12.2 Å². The molecule has 0 bridgehead atoms. The molecule has 0 aliphatic carbocycles. The molecule has 1 N–H and O–H groups in total. The highest BCUT2D eigenvalue weighted by molar-refractivity contribution is 5.79. The summed E-state index contributed by atoms with van der Waals surface area (Å²) < 4.78 is 5.37. The van der Waals surface area contributed by atoms with E-state index in [1.165, 1.54) is 6.42 Å². The standard InChI is InChI=1S/C18H26N2O3/c1-15-7-5-6-12-20(15)18(22)10-11-19-17(21)14-23-13-16-8-3-2-4-9-16/h2-4,8-9,15H,5-7,10-14H2,1H3,(H,19,21). The Hall–Kier alpha value is -1.88. The molecular formula is C18H26N2O3. The Balaban J connectivity index is 1.58. The van der Waals surface area contributed by atoms with Crippen LogP contribution in [0.25, 0.3) is 0 Å². The minimum atomic E-state index is -0.180. The summed E-state index contributed by atoms with van der Waals surface area (Å²) in [4.78, 5) is 25.8. The van der Waals surface area contributed by atoms with Gasteiger partial charge in [-0.05, 0) is 31.7 Å². The van der Waals surface area contributed by atoms with E-state index in [-0.39, 0.29) is 18.4 Å². The van der Waals surface area contributed by atoms with Crippen molar-refractivity contribution >= 4 is 11.8 Å². The molecule has 1 aliphatic rings. The Kier molecular flexibility index (Phi) is 7.07. The van der Waals surface area contributed by atoms with Gasteiger partial charge < -0.3 is 15.0 Å². The van der Waals surface area contributed by atoms with Gasteiger partial charge in [-0.3, -0.25) is 9.59 Å². The van der Waals surface area contributed by atoms with Gasteiger partial charge in [-0.2, -0.15) is 0 Å². The molecule has 2 rings (SSSR count). The summed E-state index contributed by atoms with van der Waals surface area (Å²) >= 11 is 0. The number of hydrogen-bond donors (Lipinski definition) is 1. The van der Waals surface area contributed by atoms with Gasteiger partial charge in [-0.15, -0.1) is 0 Å².